The Morgan fingerprint density at radius 2 is 1.78 bits per heavy atom. The Balaban J connectivity index is 0.000000260. The molecule has 0 amide bonds. The van der Waals surface area contributed by atoms with Crippen LogP contribution in [0.5, 0.6) is 0 Å². The van der Waals surface area contributed by atoms with Crippen LogP contribution in [0.3, 0.4) is 0 Å². The highest BCUT2D eigenvalue weighted by Gasteiger charge is 2.11. The number of rotatable bonds is 4. The number of ether oxygens (including phenoxy) is 2. The maximum atomic E-state index is 11.5. The van der Waals surface area contributed by atoms with Crippen molar-refractivity contribution in [3.8, 4) is 0 Å². The Kier molecular flexibility index (Phi) is 10.9. The van der Waals surface area contributed by atoms with E-state index in [0.717, 1.165) is 0 Å². The van der Waals surface area contributed by atoms with Gasteiger partial charge in [-0.25, -0.2) is 9.59 Å². The van der Waals surface area contributed by atoms with Crippen molar-refractivity contribution in [3.05, 3.63) is 80.3 Å². The minimum Gasteiger partial charge on any atom is -0.514 e. The summed E-state index contributed by atoms with van der Waals surface area (Å²) >= 11 is 5.13. The highest BCUT2D eigenvalue weighted by Crippen LogP contribution is 2.05. The summed E-state index contributed by atoms with van der Waals surface area (Å²) in [5.74, 6) is -0.716. The predicted octanol–water partition coefficient (Wildman–Crippen LogP) is 1.95. The highest BCUT2D eigenvalue weighted by atomic mass is 35.5. The lowest BCUT2D eigenvalue weighted by molar-refractivity contribution is -0.137. The molecule has 0 bridgehead atoms. The molecule has 0 fully saturated rings. The lowest BCUT2D eigenvalue weighted by Gasteiger charge is -2.00. The zero-order chi connectivity index (χ0) is 24.1. The number of imidazole rings is 1. The number of esters is 2. The van der Waals surface area contributed by atoms with Crippen molar-refractivity contribution in [2.45, 2.75) is 13.8 Å². The number of carbonyl (C=O) groups excluding carboxylic acids is 2. The number of aromatic nitrogens is 3. The second-order valence-corrected chi connectivity index (χ2v) is 6.10. The Morgan fingerprint density at radius 3 is 2.31 bits per heavy atom. The van der Waals surface area contributed by atoms with Crippen LogP contribution in [0.2, 0.25) is 0 Å². The van der Waals surface area contributed by atoms with Crippen molar-refractivity contribution in [1.29, 1.82) is 0 Å². The van der Waals surface area contributed by atoms with Crippen LogP contribution in [0, 0.1) is 0 Å². The van der Waals surface area contributed by atoms with Crippen molar-refractivity contribution < 1.29 is 24.2 Å². The van der Waals surface area contributed by atoms with Gasteiger partial charge in [-0.05, 0) is 13.8 Å². The number of nitrogen functional groups attached to an aromatic ring is 1. The number of anilines is 1. The summed E-state index contributed by atoms with van der Waals surface area (Å²) in [7, 11) is 0. The Labute approximate surface area is 187 Å². The largest absolute Gasteiger partial charge is 0.514 e. The van der Waals surface area contributed by atoms with Gasteiger partial charge in [0.15, 0.2) is 15.9 Å². The first-order chi connectivity index (χ1) is 15.2. The lowest BCUT2D eigenvalue weighted by Crippen LogP contribution is -2.09. The topological polar surface area (TPSA) is 169 Å². The van der Waals surface area contributed by atoms with Crippen molar-refractivity contribution in [1.82, 2.24) is 14.4 Å². The molecule has 172 valence electrons. The normalized spacial score (nSPS) is 10.3. The number of hydrogen-bond acceptors (Lipinski definition) is 8. The molecule has 0 aliphatic carbocycles. The second-order valence-electron chi connectivity index (χ2n) is 5.69. The number of H-pyrrole nitrogens is 2. The quantitative estimate of drug-likeness (QED) is 0.257. The average molecular weight is 467 g/mol. The SMILES string of the molecule is CCOC(=O)/C(Cl)=C\O.CCOC(=O)c1c[nH]c2cc(=O)ccn12.Nc1cc(=O)cc[nH]1. The zero-order valence-electron chi connectivity index (χ0n) is 17.3. The van der Waals surface area contributed by atoms with E-state index in [1.165, 1.54) is 36.7 Å². The van der Waals surface area contributed by atoms with E-state index in [4.69, 9.17) is 27.2 Å². The molecule has 0 aliphatic heterocycles. The smallest absolute Gasteiger partial charge is 0.356 e. The molecule has 3 rings (SSSR count). The van der Waals surface area contributed by atoms with Gasteiger partial charge in [0.05, 0.1) is 13.2 Å². The van der Waals surface area contributed by atoms with Crippen LogP contribution in [0.25, 0.3) is 5.65 Å². The van der Waals surface area contributed by atoms with Crippen molar-refractivity contribution in [2.24, 2.45) is 0 Å². The third-order valence-electron chi connectivity index (χ3n) is 3.41. The van der Waals surface area contributed by atoms with Crippen molar-refractivity contribution >= 4 is 35.0 Å². The molecule has 3 aromatic rings. The van der Waals surface area contributed by atoms with E-state index in [1.807, 2.05) is 0 Å². The summed E-state index contributed by atoms with van der Waals surface area (Å²) in [5, 5.41) is 7.83. The van der Waals surface area contributed by atoms with E-state index in [-0.39, 0.29) is 22.5 Å². The molecule has 0 atom stereocenters. The molecule has 0 saturated carbocycles. The molecular weight excluding hydrogens is 444 g/mol. The van der Waals surface area contributed by atoms with E-state index < -0.39 is 11.9 Å². The molecule has 0 saturated heterocycles. The van der Waals surface area contributed by atoms with Crippen LogP contribution in [-0.2, 0) is 14.3 Å². The van der Waals surface area contributed by atoms with E-state index in [0.29, 0.717) is 30.0 Å². The van der Waals surface area contributed by atoms with Crippen LogP contribution in [0.1, 0.15) is 24.3 Å². The van der Waals surface area contributed by atoms with Gasteiger partial charge in [0, 0.05) is 42.9 Å². The first-order valence-corrected chi connectivity index (χ1v) is 9.59. The highest BCUT2D eigenvalue weighted by molar-refractivity contribution is 6.41. The van der Waals surface area contributed by atoms with Gasteiger partial charge in [0.2, 0.25) is 0 Å². The molecule has 3 aromatic heterocycles. The summed E-state index contributed by atoms with van der Waals surface area (Å²) < 4.78 is 10.8. The summed E-state index contributed by atoms with van der Waals surface area (Å²) in [6, 6.07) is 5.56. The van der Waals surface area contributed by atoms with E-state index in [9.17, 15) is 19.2 Å². The zero-order valence-corrected chi connectivity index (χ0v) is 18.1. The molecule has 12 heteroatoms. The third-order valence-corrected chi connectivity index (χ3v) is 3.66. The molecule has 0 unspecified atom stereocenters. The molecule has 5 N–H and O–H groups in total. The van der Waals surface area contributed by atoms with E-state index >= 15 is 0 Å². The summed E-state index contributed by atoms with van der Waals surface area (Å²) in [4.78, 5) is 48.8. The van der Waals surface area contributed by atoms with Crippen molar-refractivity contribution in [3.63, 3.8) is 0 Å². The number of aliphatic hydroxyl groups excluding tert-OH is 1. The maximum absolute atomic E-state index is 11.5. The number of halogens is 1. The van der Waals surface area contributed by atoms with Gasteiger partial charge < -0.3 is 30.3 Å². The van der Waals surface area contributed by atoms with Crippen molar-refractivity contribution in [2.75, 3.05) is 18.9 Å². The first-order valence-electron chi connectivity index (χ1n) is 9.21. The standard InChI is InChI=1S/C10H10N2O3.C5H7ClO3.C5H6N2O/c1-2-15-10(14)8-6-11-9-5-7(13)3-4-12(8)9;1-2-9-5(8)4(6)3-7;6-5-3-4(8)1-2-7-5/h3-6,11H,2H2,1H3;3,7H,2H2,1H3;1-3H,(H3,6,7,8)/b;4-3+;. The Bertz CT molecular complexity index is 1180. The molecule has 0 radical (unpaired) electrons. The summed E-state index contributed by atoms with van der Waals surface area (Å²) in [6.07, 6.45) is 5.07. The number of nitrogens with one attached hydrogen (secondary N) is 2. The molecule has 0 aliphatic rings. The summed E-state index contributed by atoms with van der Waals surface area (Å²) in [6.45, 7) is 3.97. The van der Waals surface area contributed by atoms with Crippen LogP contribution in [-0.4, -0.2) is 44.6 Å². The van der Waals surface area contributed by atoms with Gasteiger partial charge >= 0.3 is 11.9 Å². The minimum absolute atomic E-state index is 0.0683. The number of nitrogens with zero attached hydrogens (tertiary/aromatic N) is 1. The lowest BCUT2D eigenvalue weighted by atomic mass is 10.4. The van der Waals surface area contributed by atoms with Crippen LogP contribution in [0.4, 0.5) is 5.82 Å². The fourth-order valence-corrected chi connectivity index (χ4v) is 2.15. The minimum atomic E-state index is -0.707. The average Bonchev–Trinajstić information content (AvgIpc) is 3.17. The molecule has 3 heterocycles. The molecular formula is C20H23ClN4O7. The van der Waals surface area contributed by atoms with Gasteiger partial charge in [0.1, 0.15) is 23.4 Å². The molecule has 32 heavy (non-hydrogen) atoms. The number of hydrogen-bond donors (Lipinski definition) is 4. The van der Waals surface area contributed by atoms with Gasteiger partial charge in [0.25, 0.3) is 0 Å². The molecule has 0 spiro atoms. The van der Waals surface area contributed by atoms with Gasteiger partial charge in [-0.3, -0.25) is 14.0 Å². The van der Waals surface area contributed by atoms with Crippen LogP contribution in [0.15, 0.2) is 63.7 Å². The van der Waals surface area contributed by atoms with Gasteiger partial charge in [-0.1, -0.05) is 11.6 Å². The first kappa shape index (κ1) is 26.0. The Morgan fingerprint density at radius 1 is 1.12 bits per heavy atom. The van der Waals surface area contributed by atoms with Gasteiger partial charge in [-0.15, -0.1) is 0 Å². The van der Waals surface area contributed by atoms with Gasteiger partial charge in [-0.2, -0.15) is 0 Å². The second kappa shape index (κ2) is 13.3. The number of aromatic amines is 2. The fourth-order valence-electron chi connectivity index (χ4n) is 2.09. The third kappa shape index (κ3) is 8.40. The fraction of sp³-hybridized carbons (Fsp3) is 0.200. The molecule has 11 nitrogen and oxygen atoms in total. The van der Waals surface area contributed by atoms with E-state index in [1.54, 1.807) is 24.4 Å². The van der Waals surface area contributed by atoms with E-state index in [2.05, 4.69) is 14.7 Å². The van der Waals surface area contributed by atoms with Crippen LogP contribution < -0.4 is 16.6 Å². The maximum Gasteiger partial charge on any atom is 0.356 e. The number of nitrogens with two attached hydrogens (primary N) is 1. The van der Waals surface area contributed by atoms with Crippen LogP contribution >= 0.6 is 11.6 Å². The summed E-state index contributed by atoms with van der Waals surface area (Å²) in [5.41, 5.74) is 5.99. The molecule has 0 aromatic carbocycles. The number of aliphatic hydroxyl groups is 1. The predicted molar refractivity (Wildman–Crippen MR) is 119 cm³/mol. The monoisotopic (exact) mass is 466 g/mol. The number of pyridine rings is 2. The Hall–Kier alpha value is -3.99. The number of fused-ring (bicyclic) bond motifs is 1. The number of carbonyl (C=O) groups is 2.